The molecule has 2 rings (SSSR count). The summed E-state index contributed by atoms with van der Waals surface area (Å²) < 4.78 is 0. The van der Waals surface area contributed by atoms with Crippen molar-refractivity contribution in [2.45, 2.75) is 10.6 Å². The topological polar surface area (TPSA) is 59.1 Å². The van der Waals surface area contributed by atoms with Crippen molar-refractivity contribution in [1.82, 2.24) is 4.98 Å². The van der Waals surface area contributed by atoms with Crippen LogP contribution in [0.15, 0.2) is 53.7 Å². The van der Waals surface area contributed by atoms with E-state index >= 15 is 0 Å². The average molecular weight is 295 g/mol. The van der Waals surface area contributed by atoms with Crippen LogP contribution < -0.4 is 5.73 Å². The van der Waals surface area contributed by atoms with E-state index in [2.05, 4.69) is 4.98 Å². The SMILES string of the molecule is NCC(O)(CSc1ncccc1Cl)c1ccccc1. The van der Waals surface area contributed by atoms with Crippen molar-refractivity contribution in [3.63, 3.8) is 0 Å². The fraction of sp³-hybridized carbons (Fsp3) is 0.214. The van der Waals surface area contributed by atoms with Gasteiger partial charge in [-0.2, -0.15) is 0 Å². The summed E-state index contributed by atoms with van der Waals surface area (Å²) >= 11 is 7.45. The lowest BCUT2D eigenvalue weighted by Crippen LogP contribution is -2.37. The Labute approximate surface area is 121 Å². The van der Waals surface area contributed by atoms with E-state index in [1.807, 2.05) is 30.3 Å². The zero-order chi connectivity index (χ0) is 13.7. The van der Waals surface area contributed by atoms with Gasteiger partial charge in [0.05, 0.1) is 5.02 Å². The molecule has 1 atom stereocenters. The number of hydrogen-bond donors (Lipinski definition) is 2. The predicted octanol–water partition coefficient (Wildman–Crippen LogP) is 2.67. The second kappa shape index (κ2) is 6.39. The first-order valence-electron chi connectivity index (χ1n) is 5.87. The van der Waals surface area contributed by atoms with E-state index in [1.54, 1.807) is 18.3 Å². The number of thioether (sulfide) groups is 1. The Morgan fingerprint density at radius 1 is 1.21 bits per heavy atom. The van der Waals surface area contributed by atoms with Crippen molar-refractivity contribution in [2.24, 2.45) is 5.73 Å². The summed E-state index contributed by atoms with van der Waals surface area (Å²) in [6.45, 7) is 0.147. The second-order valence-corrected chi connectivity index (χ2v) is 5.55. The number of nitrogens with zero attached hydrogens (tertiary/aromatic N) is 1. The molecule has 1 unspecified atom stereocenters. The molecule has 100 valence electrons. The molecule has 3 nitrogen and oxygen atoms in total. The van der Waals surface area contributed by atoms with Gasteiger partial charge in [-0.1, -0.05) is 41.9 Å². The number of hydrogen-bond acceptors (Lipinski definition) is 4. The smallest absolute Gasteiger partial charge is 0.115 e. The predicted molar refractivity (Wildman–Crippen MR) is 79.4 cm³/mol. The minimum Gasteiger partial charge on any atom is -0.383 e. The third kappa shape index (κ3) is 3.48. The van der Waals surface area contributed by atoms with Crippen LogP contribution in [0.25, 0.3) is 0 Å². The minimum atomic E-state index is -1.08. The zero-order valence-corrected chi connectivity index (χ0v) is 11.9. The molecule has 0 spiro atoms. The van der Waals surface area contributed by atoms with Gasteiger partial charge in [0.15, 0.2) is 0 Å². The van der Waals surface area contributed by atoms with Crippen LogP contribution in [-0.4, -0.2) is 22.4 Å². The second-order valence-electron chi connectivity index (χ2n) is 4.18. The quantitative estimate of drug-likeness (QED) is 0.833. The molecule has 0 aliphatic rings. The van der Waals surface area contributed by atoms with E-state index in [0.717, 1.165) is 5.56 Å². The largest absolute Gasteiger partial charge is 0.383 e. The molecular weight excluding hydrogens is 280 g/mol. The molecule has 5 heteroatoms. The van der Waals surface area contributed by atoms with Crippen LogP contribution in [0.1, 0.15) is 5.56 Å². The molecule has 3 N–H and O–H groups in total. The van der Waals surface area contributed by atoms with E-state index in [-0.39, 0.29) is 6.54 Å². The monoisotopic (exact) mass is 294 g/mol. The summed E-state index contributed by atoms with van der Waals surface area (Å²) in [6, 6.07) is 13.0. The van der Waals surface area contributed by atoms with Gasteiger partial charge in [0.25, 0.3) is 0 Å². The molecule has 0 saturated carbocycles. The molecule has 19 heavy (non-hydrogen) atoms. The summed E-state index contributed by atoms with van der Waals surface area (Å²) in [5.41, 5.74) is 5.45. The zero-order valence-electron chi connectivity index (χ0n) is 10.3. The van der Waals surface area contributed by atoms with Crippen molar-refractivity contribution in [3.05, 3.63) is 59.2 Å². The highest BCUT2D eigenvalue weighted by Crippen LogP contribution is 2.31. The first-order chi connectivity index (χ1) is 9.15. The van der Waals surface area contributed by atoms with E-state index in [1.165, 1.54) is 11.8 Å². The van der Waals surface area contributed by atoms with Crippen LogP contribution in [0.3, 0.4) is 0 Å². The van der Waals surface area contributed by atoms with Gasteiger partial charge in [0, 0.05) is 18.5 Å². The van der Waals surface area contributed by atoms with Crippen molar-refractivity contribution in [3.8, 4) is 0 Å². The normalized spacial score (nSPS) is 14.1. The number of pyridine rings is 1. The van der Waals surface area contributed by atoms with Crippen molar-refractivity contribution < 1.29 is 5.11 Å². The van der Waals surface area contributed by atoms with Crippen LogP contribution in [0.2, 0.25) is 5.02 Å². The molecule has 0 radical (unpaired) electrons. The highest BCUT2D eigenvalue weighted by atomic mass is 35.5. The van der Waals surface area contributed by atoms with Crippen molar-refractivity contribution >= 4 is 23.4 Å². The number of benzene rings is 1. The van der Waals surface area contributed by atoms with Crippen LogP contribution in [-0.2, 0) is 5.60 Å². The summed E-state index contributed by atoms with van der Waals surface area (Å²) in [5, 5.41) is 11.9. The molecule has 1 heterocycles. The number of rotatable bonds is 5. The third-order valence-corrected chi connectivity index (χ3v) is 4.46. The standard InChI is InChI=1S/C14H15ClN2OS/c15-12-7-4-8-17-13(12)19-10-14(18,9-16)11-5-2-1-3-6-11/h1-8,18H,9-10,16H2. The number of halogens is 1. The maximum absolute atomic E-state index is 10.6. The summed E-state index contributed by atoms with van der Waals surface area (Å²) in [6.07, 6.45) is 1.68. The van der Waals surface area contributed by atoms with Gasteiger partial charge in [-0.15, -0.1) is 11.8 Å². The Bertz CT molecular complexity index is 538. The van der Waals surface area contributed by atoms with Gasteiger partial charge < -0.3 is 10.8 Å². The van der Waals surface area contributed by atoms with Crippen LogP contribution in [0.4, 0.5) is 0 Å². The first-order valence-corrected chi connectivity index (χ1v) is 7.23. The van der Waals surface area contributed by atoms with E-state index in [9.17, 15) is 5.11 Å². The highest BCUT2D eigenvalue weighted by molar-refractivity contribution is 7.99. The van der Waals surface area contributed by atoms with Gasteiger partial charge in [-0.3, -0.25) is 0 Å². The van der Waals surface area contributed by atoms with Crippen LogP contribution in [0, 0.1) is 0 Å². The molecule has 0 fully saturated rings. The molecule has 2 aromatic rings. The Kier molecular flexibility index (Phi) is 4.82. The first kappa shape index (κ1) is 14.3. The Balaban J connectivity index is 2.14. The van der Waals surface area contributed by atoms with Crippen molar-refractivity contribution in [1.29, 1.82) is 0 Å². The van der Waals surface area contributed by atoms with Crippen LogP contribution >= 0.6 is 23.4 Å². The van der Waals surface area contributed by atoms with Gasteiger partial charge in [-0.25, -0.2) is 4.98 Å². The lowest BCUT2D eigenvalue weighted by molar-refractivity contribution is 0.0721. The molecule has 1 aromatic heterocycles. The van der Waals surface area contributed by atoms with E-state index < -0.39 is 5.60 Å². The number of aromatic nitrogens is 1. The Morgan fingerprint density at radius 3 is 2.58 bits per heavy atom. The Hall–Kier alpha value is -1.07. The fourth-order valence-electron chi connectivity index (χ4n) is 1.67. The van der Waals surface area contributed by atoms with Gasteiger partial charge in [-0.05, 0) is 17.7 Å². The number of aliphatic hydroxyl groups is 1. The summed E-state index contributed by atoms with van der Waals surface area (Å²) in [5.74, 6) is 0.407. The van der Waals surface area contributed by atoms with Gasteiger partial charge in [0.1, 0.15) is 10.6 Å². The molecule has 0 saturated heterocycles. The Morgan fingerprint density at radius 2 is 1.95 bits per heavy atom. The molecular formula is C14H15ClN2OS. The lowest BCUT2D eigenvalue weighted by Gasteiger charge is -2.26. The highest BCUT2D eigenvalue weighted by Gasteiger charge is 2.28. The maximum Gasteiger partial charge on any atom is 0.115 e. The molecule has 1 aromatic carbocycles. The summed E-state index contributed by atoms with van der Waals surface area (Å²) in [7, 11) is 0. The molecule has 0 amide bonds. The summed E-state index contributed by atoms with van der Waals surface area (Å²) in [4.78, 5) is 4.19. The van der Waals surface area contributed by atoms with E-state index in [0.29, 0.717) is 15.8 Å². The molecule has 0 aliphatic carbocycles. The van der Waals surface area contributed by atoms with Crippen LogP contribution in [0.5, 0.6) is 0 Å². The third-order valence-electron chi connectivity index (χ3n) is 2.82. The number of nitrogens with two attached hydrogens (primary N) is 1. The molecule has 0 aliphatic heterocycles. The van der Waals surface area contributed by atoms with Crippen molar-refractivity contribution in [2.75, 3.05) is 12.3 Å². The average Bonchev–Trinajstić information content (AvgIpc) is 2.47. The maximum atomic E-state index is 10.6. The van der Waals surface area contributed by atoms with Gasteiger partial charge in [0.2, 0.25) is 0 Å². The fourth-order valence-corrected chi connectivity index (χ4v) is 2.96. The van der Waals surface area contributed by atoms with E-state index in [4.69, 9.17) is 17.3 Å². The lowest BCUT2D eigenvalue weighted by atomic mass is 9.96. The minimum absolute atomic E-state index is 0.147. The van der Waals surface area contributed by atoms with Gasteiger partial charge >= 0.3 is 0 Å². The molecule has 0 bridgehead atoms.